The van der Waals surface area contributed by atoms with Crippen molar-refractivity contribution in [2.75, 3.05) is 13.1 Å². The highest BCUT2D eigenvalue weighted by molar-refractivity contribution is 6.00. The number of carboxylic acids is 2. The second kappa shape index (κ2) is 46.6. The number of nitrogens with two attached hydrogens (primary N) is 2. The summed E-state index contributed by atoms with van der Waals surface area (Å²) < 4.78 is 5.77. The van der Waals surface area contributed by atoms with Gasteiger partial charge >= 0.3 is 17.9 Å². The number of carboxylic acid groups (broad SMARTS) is 2. The number of hydrogen-bond acceptors (Lipinski definition) is 19. The van der Waals surface area contributed by atoms with Gasteiger partial charge in [0.05, 0.1) is 18.6 Å². The molecule has 1 fully saturated rings. The van der Waals surface area contributed by atoms with E-state index < -0.39 is 219 Å². The zero-order chi connectivity index (χ0) is 78.6. The maximum atomic E-state index is 14.9. The van der Waals surface area contributed by atoms with Gasteiger partial charge < -0.3 is 94.5 Å². The van der Waals surface area contributed by atoms with Crippen molar-refractivity contribution in [2.45, 2.75) is 281 Å². The van der Waals surface area contributed by atoms with Crippen molar-refractivity contribution >= 4 is 82.9 Å². The van der Waals surface area contributed by atoms with Crippen molar-refractivity contribution in [1.29, 1.82) is 0 Å². The smallest absolute Gasteiger partial charge is 0.334 e. The number of aliphatic hydroxyl groups is 2. The number of aliphatic hydroxyl groups excluding tert-OH is 2. The lowest BCUT2D eigenvalue weighted by atomic mass is 10.00. The average molecular weight is 1490 g/mol. The number of fused-ring (bicyclic) bond motifs is 23. The lowest BCUT2D eigenvalue weighted by Gasteiger charge is -2.32. The number of hydrogen-bond donors (Lipinski definition) is 16. The fourth-order valence-corrected chi connectivity index (χ4v) is 12.4. The van der Waals surface area contributed by atoms with Crippen LogP contribution in [0.25, 0.3) is 0 Å². The maximum Gasteiger partial charge on any atom is 0.334 e. The molecule has 0 saturated carbocycles. The Labute approximate surface area is 619 Å². The van der Waals surface area contributed by atoms with Crippen LogP contribution in [0, 0.1) is 11.8 Å². The molecule has 106 heavy (non-hydrogen) atoms. The molecule has 590 valence electrons. The lowest BCUT2D eigenvalue weighted by molar-refractivity contribution is -0.144. The number of ether oxygens (including phenoxy) is 1. The number of primary amides is 1. The molecule has 32 heteroatoms. The number of esters is 1. The molecule has 5 rings (SSSR count). The monoisotopic (exact) mass is 1490 g/mol. The molecule has 3 aliphatic rings. The first-order chi connectivity index (χ1) is 50.3. The number of unbranched alkanes of at least 4 members (excludes halogenated alkanes) is 11. The molecule has 3 heterocycles. The van der Waals surface area contributed by atoms with Crippen LogP contribution in [0.15, 0.2) is 48.5 Å². The van der Waals surface area contributed by atoms with Crippen LogP contribution in [-0.4, -0.2) is 199 Å². The lowest BCUT2D eigenvalue weighted by Crippen LogP contribution is -2.62. The number of rotatable bonds is 37. The zero-order valence-electron chi connectivity index (χ0n) is 62.0. The normalized spacial score (nSPS) is 21.6. The predicted molar refractivity (Wildman–Crippen MR) is 388 cm³/mol. The topological polar surface area (TPSA) is 513 Å². The zero-order valence-corrected chi connectivity index (χ0v) is 62.0. The summed E-state index contributed by atoms with van der Waals surface area (Å²) in [7, 11) is 0. The number of aliphatic carboxylic acids is 2. The summed E-state index contributed by atoms with van der Waals surface area (Å²) in [6, 6.07) is -4.94. The van der Waals surface area contributed by atoms with E-state index in [0.29, 0.717) is 18.4 Å². The van der Waals surface area contributed by atoms with E-state index >= 15 is 0 Å². The SMILES string of the molecule is CCCCCCCCCCCCCCC(O)CC(=O)N[C@@H](CCC(=O)O)C(=O)N[C@@H](CCCN)C(=O)N[C@H]1Cc2ccc(cc2)OC(=O)[C@H](C(C)C)NC(=O)[C@H](Cc2ccc(O)cc2)NC(=O)[C@H](CCC(N)=O)NC(=O)[C@@H]2CCCN2C(=O)[C@@H](C(C)C)NC(=O)[C@H](CCC(=O)O)NC(=O)[C@H]([C@@H](C)O)NC1=O. The largest absolute Gasteiger partial charge is 0.508 e. The standard InChI is InChI=1S/C74H114N12O20/c1-7-8-9-10-11-12-13-14-15-16-17-18-21-49(89)42-59(91)77-52(33-36-60(92)93)66(97)78-51(22-19-38-75)65(96)81-56-41-47-26-30-50(31-27-47)106-74(105)63(44(4)5)84-69(100)55(40-46-24-28-48(88)29-25-46)82-67(98)53(32-35-58(76)90)79-71(102)57-23-20-39-86(57)73(104)62(43(2)3)83-68(99)54(34-37-61(94)95)80-72(103)64(45(6)87)85-70(56)101/h24-31,43-45,49,51-57,62-64,87-89H,7-23,32-42,75H2,1-6H3,(H2,76,90)(H,77,91)(H,78,97)(H,79,102)(H,80,103)(H,81,96)(H,82,98)(H,83,99)(H,84,100)(H,85,101)(H,92,93)(H,94,95)/t45-,49?,51+,52+,53+,54+,55+,56+,57+,62-,63+,64+/m1/s1. The van der Waals surface area contributed by atoms with E-state index in [2.05, 4.69) is 54.8 Å². The van der Waals surface area contributed by atoms with E-state index in [0.717, 1.165) is 43.9 Å². The Morgan fingerprint density at radius 2 is 1.10 bits per heavy atom. The number of carbonyl (C=O) groups excluding carboxylic acids is 12. The van der Waals surface area contributed by atoms with Gasteiger partial charge in [-0.1, -0.05) is 136 Å². The van der Waals surface area contributed by atoms with E-state index in [1.54, 1.807) is 27.7 Å². The molecule has 2 aromatic carbocycles. The molecule has 0 aromatic heterocycles. The number of phenols is 1. The fourth-order valence-electron chi connectivity index (χ4n) is 12.4. The Bertz CT molecular complexity index is 3240. The van der Waals surface area contributed by atoms with Gasteiger partial charge in [0.2, 0.25) is 65.0 Å². The molecule has 3 aliphatic heterocycles. The van der Waals surface area contributed by atoms with Gasteiger partial charge in [-0.15, -0.1) is 0 Å². The van der Waals surface area contributed by atoms with Crippen LogP contribution < -0.4 is 64.1 Å². The van der Waals surface area contributed by atoms with E-state index in [1.807, 2.05) is 0 Å². The first-order valence-electron chi connectivity index (χ1n) is 37.2. The van der Waals surface area contributed by atoms with Crippen LogP contribution in [0.2, 0.25) is 0 Å². The average Bonchev–Trinajstić information content (AvgIpc) is 1.51. The molecular weight excluding hydrogens is 1380 g/mol. The first-order valence-corrected chi connectivity index (χ1v) is 37.2. The molecule has 11 amide bonds. The van der Waals surface area contributed by atoms with Crippen molar-refractivity contribution in [3.8, 4) is 11.5 Å². The van der Waals surface area contributed by atoms with Gasteiger partial charge in [0.15, 0.2) is 0 Å². The van der Waals surface area contributed by atoms with E-state index in [-0.39, 0.29) is 62.3 Å². The fraction of sp³-hybridized carbons (Fsp3) is 0.649. The number of benzene rings is 2. The molecule has 12 atom stereocenters. The summed E-state index contributed by atoms with van der Waals surface area (Å²) in [6.07, 6.45) is 6.34. The number of aromatic hydroxyl groups is 1. The Hall–Kier alpha value is -9.30. The molecule has 1 unspecified atom stereocenters. The van der Waals surface area contributed by atoms with Crippen molar-refractivity contribution in [3.63, 3.8) is 0 Å². The van der Waals surface area contributed by atoms with Gasteiger partial charge in [-0.25, -0.2) is 4.79 Å². The van der Waals surface area contributed by atoms with E-state index in [9.17, 15) is 92.7 Å². The molecule has 2 bridgehead atoms. The Morgan fingerprint density at radius 1 is 0.575 bits per heavy atom. The Kier molecular flexibility index (Phi) is 39.2. The minimum atomic E-state index is -1.99. The molecular formula is C74H114N12O20. The van der Waals surface area contributed by atoms with Gasteiger partial charge in [0.1, 0.15) is 71.9 Å². The summed E-state index contributed by atoms with van der Waals surface area (Å²) in [4.78, 5) is 196. The van der Waals surface area contributed by atoms with Gasteiger partial charge in [-0.3, -0.25) is 62.3 Å². The second-order valence-electron chi connectivity index (χ2n) is 28.3. The maximum absolute atomic E-state index is 14.9. The molecule has 18 N–H and O–H groups in total. The number of nitrogens with one attached hydrogen (secondary N) is 9. The van der Waals surface area contributed by atoms with E-state index in [1.165, 1.54) is 87.1 Å². The molecule has 0 radical (unpaired) electrons. The van der Waals surface area contributed by atoms with Crippen molar-refractivity contribution < 1.29 is 97.4 Å². The third kappa shape index (κ3) is 31.8. The van der Waals surface area contributed by atoms with Crippen molar-refractivity contribution in [3.05, 3.63) is 59.7 Å². The van der Waals surface area contributed by atoms with Gasteiger partial charge in [-0.05, 0) is 112 Å². The summed E-state index contributed by atoms with van der Waals surface area (Å²) in [5.74, 6) is -16.2. The molecule has 0 aliphatic carbocycles. The highest BCUT2D eigenvalue weighted by atomic mass is 16.5. The molecule has 0 spiro atoms. The van der Waals surface area contributed by atoms with Crippen LogP contribution >= 0.6 is 0 Å². The summed E-state index contributed by atoms with van der Waals surface area (Å²) in [6.45, 7) is 9.50. The number of carbonyl (C=O) groups is 14. The highest BCUT2D eigenvalue weighted by Gasteiger charge is 2.42. The molecule has 32 nitrogen and oxygen atoms in total. The predicted octanol–water partition coefficient (Wildman–Crippen LogP) is 1.72. The molecule has 2 aromatic rings. The molecule has 1 saturated heterocycles. The van der Waals surface area contributed by atoms with E-state index in [4.69, 9.17) is 16.2 Å². The van der Waals surface area contributed by atoms with Crippen molar-refractivity contribution in [1.82, 2.24) is 52.8 Å². The summed E-state index contributed by atoms with van der Waals surface area (Å²) >= 11 is 0. The third-order valence-corrected chi connectivity index (χ3v) is 18.6. The number of amides is 11. The van der Waals surface area contributed by atoms with Crippen LogP contribution in [0.4, 0.5) is 0 Å². The Balaban J connectivity index is 1.75. The van der Waals surface area contributed by atoms with Crippen LogP contribution in [0.3, 0.4) is 0 Å². The van der Waals surface area contributed by atoms with Gasteiger partial charge in [-0.2, -0.15) is 0 Å². The quantitative estimate of drug-likeness (QED) is 0.0198. The summed E-state index contributed by atoms with van der Waals surface area (Å²) in [5.41, 5.74) is 12.0. The van der Waals surface area contributed by atoms with Gasteiger partial charge in [0, 0.05) is 38.6 Å². The highest BCUT2D eigenvalue weighted by Crippen LogP contribution is 2.24. The van der Waals surface area contributed by atoms with Gasteiger partial charge in [0.25, 0.3) is 0 Å². The number of phenolic OH excluding ortho intramolecular Hbond substituents is 1. The van der Waals surface area contributed by atoms with Crippen LogP contribution in [0.1, 0.15) is 207 Å². The minimum absolute atomic E-state index is 0.0231. The summed E-state index contributed by atoms with van der Waals surface area (Å²) in [5, 5.41) is 74.5. The van der Waals surface area contributed by atoms with Crippen LogP contribution in [0.5, 0.6) is 11.5 Å². The third-order valence-electron chi connectivity index (χ3n) is 18.6. The minimum Gasteiger partial charge on any atom is -0.508 e. The first kappa shape index (κ1) is 89.1. The number of nitrogens with zero attached hydrogens (tertiary/aromatic N) is 1. The second-order valence-corrected chi connectivity index (χ2v) is 28.3. The van der Waals surface area contributed by atoms with Crippen LogP contribution in [-0.2, 0) is 80.0 Å². The Morgan fingerprint density at radius 3 is 1.67 bits per heavy atom. The van der Waals surface area contributed by atoms with Crippen molar-refractivity contribution in [2.24, 2.45) is 23.3 Å².